The highest BCUT2D eigenvalue weighted by molar-refractivity contribution is 6.30. The molecule has 0 saturated heterocycles. The van der Waals surface area contributed by atoms with Crippen LogP contribution in [0.5, 0.6) is 0 Å². The van der Waals surface area contributed by atoms with Gasteiger partial charge in [0.2, 0.25) is 0 Å². The Labute approximate surface area is 113 Å². The first-order valence-electron chi connectivity index (χ1n) is 5.29. The number of hydrogen-bond donors (Lipinski definition) is 2. The lowest BCUT2D eigenvalue weighted by Crippen LogP contribution is -2.12. The molecule has 19 heavy (non-hydrogen) atoms. The van der Waals surface area contributed by atoms with Gasteiger partial charge in [-0.05, 0) is 36.4 Å². The van der Waals surface area contributed by atoms with Crippen molar-refractivity contribution in [1.82, 2.24) is 0 Å². The van der Waals surface area contributed by atoms with Gasteiger partial charge < -0.3 is 11.1 Å². The fourth-order valence-corrected chi connectivity index (χ4v) is 1.58. The van der Waals surface area contributed by atoms with Crippen molar-refractivity contribution < 1.29 is 13.6 Å². The van der Waals surface area contributed by atoms with Gasteiger partial charge in [-0.3, -0.25) is 4.79 Å². The quantitative estimate of drug-likeness (QED) is 0.829. The molecule has 0 bridgehead atoms. The fourth-order valence-electron chi connectivity index (χ4n) is 1.46. The van der Waals surface area contributed by atoms with Crippen molar-refractivity contribution in [2.24, 2.45) is 0 Å². The van der Waals surface area contributed by atoms with E-state index in [9.17, 15) is 13.6 Å². The second-order valence-corrected chi connectivity index (χ2v) is 4.23. The smallest absolute Gasteiger partial charge is 0.255 e. The third-order valence-corrected chi connectivity index (χ3v) is 2.74. The summed E-state index contributed by atoms with van der Waals surface area (Å²) < 4.78 is 26.2. The number of nitrogens with one attached hydrogen (secondary N) is 1. The molecular weight excluding hydrogens is 274 g/mol. The van der Waals surface area contributed by atoms with Crippen LogP contribution in [0.2, 0.25) is 5.02 Å². The molecule has 2 aromatic carbocycles. The van der Waals surface area contributed by atoms with Gasteiger partial charge in [0.15, 0.2) is 0 Å². The summed E-state index contributed by atoms with van der Waals surface area (Å²) in [6.07, 6.45) is 0. The van der Waals surface area contributed by atoms with Crippen LogP contribution in [-0.2, 0) is 0 Å². The molecule has 0 unspecified atom stereocenters. The number of carbonyl (C=O) groups excluding carboxylic acids is 1. The van der Waals surface area contributed by atoms with Gasteiger partial charge in [-0.25, -0.2) is 8.78 Å². The number of benzene rings is 2. The summed E-state index contributed by atoms with van der Waals surface area (Å²) in [6, 6.07) is 7.45. The molecule has 0 aromatic heterocycles. The Morgan fingerprint density at radius 1 is 1.11 bits per heavy atom. The zero-order valence-corrected chi connectivity index (χ0v) is 10.3. The molecule has 3 N–H and O–H groups in total. The predicted molar refractivity (Wildman–Crippen MR) is 70.2 cm³/mol. The molecule has 0 aliphatic rings. The van der Waals surface area contributed by atoms with Gasteiger partial charge in [0.1, 0.15) is 11.6 Å². The van der Waals surface area contributed by atoms with E-state index in [1.807, 2.05) is 0 Å². The summed E-state index contributed by atoms with van der Waals surface area (Å²) in [5.41, 5.74) is 5.65. The van der Waals surface area contributed by atoms with Crippen LogP contribution in [0.15, 0.2) is 36.4 Å². The summed E-state index contributed by atoms with van der Waals surface area (Å²) in [5.74, 6) is -1.76. The van der Waals surface area contributed by atoms with E-state index in [-0.39, 0.29) is 22.0 Å². The van der Waals surface area contributed by atoms with E-state index in [4.69, 9.17) is 17.3 Å². The van der Waals surface area contributed by atoms with Gasteiger partial charge in [-0.1, -0.05) is 11.6 Å². The summed E-state index contributed by atoms with van der Waals surface area (Å²) in [4.78, 5) is 11.8. The number of anilines is 2. The average molecular weight is 283 g/mol. The van der Waals surface area contributed by atoms with Gasteiger partial charge in [-0.2, -0.15) is 0 Å². The molecule has 1 amide bonds. The third kappa shape index (κ3) is 3.00. The highest BCUT2D eigenvalue weighted by atomic mass is 35.5. The third-order valence-electron chi connectivity index (χ3n) is 2.44. The zero-order valence-electron chi connectivity index (χ0n) is 9.58. The standard InChI is InChI=1S/C13H9ClF2N2O/c14-9-3-2-8(6-11(9)16)18-13(19)7-1-4-10(15)12(17)5-7/h1-6H,17H2,(H,18,19). The number of carbonyl (C=O) groups is 1. The molecule has 0 aliphatic heterocycles. The lowest BCUT2D eigenvalue weighted by molar-refractivity contribution is 0.102. The number of nitrogen functional groups attached to an aromatic ring is 1. The van der Waals surface area contributed by atoms with E-state index < -0.39 is 17.5 Å². The van der Waals surface area contributed by atoms with Gasteiger partial charge in [-0.15, -0.1) is 0 Å². The van der Waals surface area contributed by atoms with Crippen molar-refractivity contribution in [3.05, 3.63) is 58.6 Å². The van der Waals surface area contributed by atoms with Gasteiger partial charge in [0.25, 0.3) is 5.91 Å². The fraction of sp³-hybridized carbons (Fsp3) is 0. The van der Waals surface area contributed by atoms with Crippen molar-refractivity contribution in [1.29, 1.82) is 0 Å². The Kier molecular flexibility index (Phi) is 3.66. The second kappa shape index (κ2) is 5.24. The van der Waals surface area contributed by atoms with Crippen LogP contribution in [0.3, 0.4) is 0 Å². The Bertz CT molecular complexity index is 647. The van der Waals surface area contributed by atoms with Crippen LogP contribution in [0, 0.1) is 11.6 Å². The molecule has 3 nitrogen and oxygen atoms in total. The molecule has 0 radical (unpaired) electrons. The lowest BCUT2D eigenvalue weighted by Gasteiger charge is -2.07. The Balaban J connectivity index is 2.20. The maximum atomic E-state index is 13.2. The van der Waals surface area contributed by atoms with E-state index in [0.717, 1.165) is 12.1 Å². The molecule has 0 saturated carbocycles. The molecular formula is C13H9ClF2N2O. The molecule has 0 aliphatic carbocycles. The Hall–Kier alpha value is -2.14. The summed E-state index contributed by atoms with van der Waals surface area (Å²) in [5, 5.41) is 2.42. The first-order valence-corrected chi connectivity index (χ1v) is 5.66. The number of halogens is 3. The van der Waals surface area contributed by atoms with E-state index in [1.165, 1.54) is 24.3 Å². The first-order chi connectivity index (χ1) is 8.97. The van der Waals surface area contributed by atoms with Crippen molar-refractivity contribution in [3.63, 3.8) is 0 Å². The van der Waals surface area contributed by atoms with Crippen molar-refractivity contribution in [2.75, 3.05) is 11.1 Å². The highest BCUT2D eigenvalue weighted by Gasteiger charge is 2.09. The van der Waals surface area contributed by atoms with E-state index in [0.29, 0.717) is 0 Å². The minimum Gasteiger partial charge on any atom is -0.396 e. The Morgan fingerprint density at radius 3 is 2.47 bits per heavy atom. The molecule has 0 fully saturated rings. The van der Waals surface area contributed by atoms with Crippen molar-refractivity contribution in [3.8, 4) is 0 Å². The number of nitrogens with two attached hydrogens (primary N) is 1. The van der Waals surface area contributed by atoms with Crippen LogP contribution in [-0.4, -0.2) is 5.91 Å². The molecule has 0 atom stereocenters. The molecule has 0 spiro atoms. The Morgan fingerprint density at radius 2 is 1.84 bits per heavy atom. The number of rotatable bonds is 2. The maximum absolute atomic E-state index is 13.2. The van der Waals surface area contributed by atoms with E-state index in [1.54, 1.807) is 0 Å². The average Bonchev–Trinajstić information content (AvgIpc) is 2.37. The monoisotopic (exact) mass is 282 g/mol. The normalized spacial score (nSPS) is 10.3. The van der Waals surface area contributed by atoms with Crippen molar-refractivity contribution in [2.45, 2.75) is 0 Å². The predicted octanol–water partition coefficient (Wildman–Crippen LogP) is 3.45. The maximum Gasteiger partial charge on any atom is 0.255 e. The largest absolute Gasteiger partial charge is 0.396 e. The van der Waals surface area contributed by atoms with E-state index in [2.05, 4.69) is 5.32 Å². The summed E-state index contributed by atoms with van der Waals surface area (Å²) in [7, 11) is 0. The van der Waals surface area contributed by atoms with Crippen LogP contribution >= 0.6 is 11.6 Å². The van der Waals surface area contributed by atoms with Crippen LogP contribution in [0.1, 0.15) is 10.4 Å². The first kappa shape index (κ1) is 13.3. The molecule has 2 aromatic rings. The summed E-state index contributed by atoms with van der Waals surface area (Å²) in [6.45, 7) is 0. The van der Waals surface area contributed by atoms with Gasteiger partial charge >= 0.3 is 0 Å². The summed E-state index contributed by atoms with van der Waals surface area (Å²) >= 11 is 5.53. The number of hydrogen-bond acceptors (Lipinski definition) is 2. The SMILES string of the molecule is Nc1cc(C(=O)Nc2ccc(Cl)c(F)c2)ccc1F. The minimum atomic E-state index is -0.641. The minimum absolute atomic E-state index is 0.0379. The van der Waals surface area contributed by atoms with Gasteiger partial charge in [0.05, 0.1) is 10.7 Å². The topological polar surface area (TPSA) is 55.1 Å². The van der Waals surface area contributed by atoms with E-state index >= 15 is 0 Å². The molecule has 0 heterocycles. The van der Waals surface area contributed by atoms with Crippen LogP contribution < -0.4 is 11.1 Å². The van der Waals surface area contributed by atoms with Crippen molar-refractivity contribution >= 4 is 28.9 Å². The zero-order chi connectivity index (χ0) is 14.0. The van der Waals surface area contributed by atoms with Crippen LogP contribution in [0.4, 0.5) is 20.2 Å². The number of amides is 1. The van der Waals surface area contributed by atoms with Gasteiger partial charge in [0, 0.05) is 11.3 Å². The lowest BCUT2D eigenvalue weighted by atomic mass is 10.2. The highest BCUT2D eigenvalue weighted by Crippen LogP contribution is 2.20. The molecule has 6 heteroatoms. The molecule has 2 rings (SSSR count). The molecule has 98 valence electrons. The van der Waals surface area contributed by atoms with Crippen LogP contribution in [0.25, 0.3) is 0 Å². The second-order valence-electron chi connectivity index (χ2n) is 3.82.